The molecule has 0 amide bonds. The molecule has 54 valence electrons. The van der Waals surface area contributed by atoms with Crippen molar-refractivity contribution in [1.29, 1.82) is 0 Å². The summed E-state index contributed by atoms with van der Waals surface area (Å²) in [6.07, 6.45) is 11.2. The number of hydrogen-bond acceptors (Lipinski definition) is 0. The molecule has 0 radical (unpaired) electrons. The van der Waals surface area contributed by atoms with Crippen molar-refractivity contribution in [3.8, 4) is 0 Å². The molecular weight excluding hydrogens is 120 g/mol. The van der Waals surface area contributed by atoms with Gasteiger partial charge in [-0.1, -0.05) is 36.8 Å². The fraction of sp³-hybridized carbons (Fsp3) is 0.400. The van der Waals surface area contributed by atoms with E-state index in [0.29, 0.717) is 0 Å². The summed E-state index contributed by atoms with van der Waals surface area (Å²) in [6, 6.07) is 0. The Morgan fingerprint density at radius 3 is 2.70 bits per heavy atom. The van der Waals surface area contributed by atoms with Gasteiger partial charge in [-0.05, 0) is 25.3 Å². The topological polar surface area (TPSA) is 0 Å². The van der Waals surface area contributed by atoms with Gasteiger partial charge in [-0.25, -0.2) is 0 Å². The molecule has 0 bridgehead atoms. The molecule has 0 unspecified atom stereocenters. The van der Waals surface area contributed by atoms with Gasteiger partial charge in [0.25, 0.3) is 0 Å². The highest BCUT2D eigenvalue weighted by Crippen LogP contribution is 2.16. The maximum atomic E-state index is 2.30. The molecule has 0 aromatic heterocycles. The van der Waals surface area contributed by atoms with Crippen LogP contribution in [0.4, 0.5) is 0 Å². The van der Waals surface area contributed by atoms with E-state index in [1.165, 1.54) is 11.1 Å². The molecule has 0 N–H and O–H groups in total. The monoisotopic (exact) mass is 134 g/mol. The van der Waals surface area contributed by atoms with Gasteiger partial charge in [0.1, 0.15) is 0 Å². The Morgan fingerprint density at radius 1 is 1.50 bits per heavy atom. The maximum absolute atomic E-state index is 2.30. The molecule has 0 atom stereocenters. The molecule has 0 aromatic carbocycles. The van der Waals surface area contributed by atoms with E-state index in [1.807, 2.05) is 0 Å². The molecule has 0 nitrogen and oxygen atoms in total. The summed E-state index contributed by atoms with van der Waals surface area (Å²) in [4.78, 5) is 0. The van der Waals surface area contributed by atoms with Gasteiger partial charge in [0.05, 0.1) is 0 Å². The van der Waals surface area contributed by atoms with Gasteiger partial charge in [-0.3, -0.25) is 0 Å². The summed E-state index contributed by atoms with van der Waals surface area (Å²) >= 11 is 0. The molecule has 1 aliphatic carbocycles. The largest absolute Gasteiger partial charge is 0.0841 e. The van der Waals surface area contributed by atoms with Crippen molar-refractivity contribution < 1.29 is 0 Å². The van der Waals surface area contributed by atoms with Crippen molar-refractivity contribution in [3.05, 3.63) is 35.5 Å². The average molecular weight is 134 g/mol. The van der Waals surface area contributed by atoms with Crippen molar-refractivity contribution in [3.63, 3.8) is 0 Å². The predicted octanol–water partition coefficient (Wildman–Crippen LogP) is 3.23. The second-order valence-corrected chi connectivity index (χ2v) is 2.53. The van der Waals surface area contributed by atoms with Crippen LogP contribution >= 0.6 is 0 Å². The van der Waals surface area contributed by atoms with Crippen LogP contribution in [0.3, 0.4) is 0 Å². The van der Waals surface area contributed by atoms with Crippen LogP contribution < -0.4 is 0 Å². The van der Waals surface area contributed by atoms with Crippen molar-refractivity contribution in [1.82, 2.24) is 0 Å². The highest BCUT2D eigenvalue weighted by Gasteiger charge is 1.96. The lowest BCUT2D eigenvalue weighted by Gasteiger charge is -2.05. The van der Waals surface area contributed by atoms with Gasteiger partial charge < -0.3 is 0 Å². The van der Waals surface area contributed by atoms with Crippen LogP contribution in [-0.2, 0) is 0 Å². The normalized spacial score (nSPS) is 21.4. The fourth-order valence-electron chi connectivity index (χ4n) is 1.08. The minimum atomic E-state index is 1.12. The van der Waals surface area contributed by atoms with Gasteiger partial charge in [-0.15, -0.1) is 0 Å². The second-order valence-electron chi connectivity index (χ2n) is 2.53. The Morgan fingerprint density at radius 2 is 2.30 bits per heavy atom. The van der Waals surface area contributed by atoms with Crippen molar-refractivity contribution in [2.75, 3.05) is 0 Å². The highest BCUT2D eigenvalue weighted by atomic mass is 14.0. The molecule has 0 saturated carbocycles. The average Bonchev–Trinajstić information content (AvgIpc) is 2.05. The molecule has 0 fully saturated rings. The maximum Gasteiger partial charge on any atom is -0.00949 e. The molecule has 1 aliphatic rings. The zero-order chi connectivity index (χ0) is 7.40. The third-order valence-electron chi connectivity index (χ3n) is 1.89. The van der Waals surface area contributed by atoms with Crippen molar-refractivity contribution in [2.24, 2.45) is 0 Å². The third-order valence-corrected chi connectivity index (χ3v) is 1.89. The minimum Gasteiger partial charge on any atom is -0.0841 e. The van der Waals surface area contributed by atoms with Crippen LogP contribution in [0.5, 0.6) is 0 Å². The van der Waals surface area contributed by atoms with E-state index < -0.39 is 0 Å². The van der Waals surface area contributed by atoms with Crippen LogP contribution in [0.1, 0.15) is 26.7 Å². The molecule has 0 aromatic rings. The van der Waals surface area contributed by atoms with Crippen LogP contribution in [0.2, 0.25) is 0 Å². The minimum absolute atomic E-state index is 1.12. The number of rotatable bonds is 1. The van der Waals surface area contributed by atoms with Gasteiger partial charge in [0.2, 0.25) is 0 Å². The molecule has 1 rings (SSSR count). The van der Waals surface area contributed by atoms with Crippen LogP contribution in [0.15, 0.2) is 35.5 Å². The summed E-state index contributed by atoms with van der Waals surface area (Å²) in [7, 11) is 0. The third kappa shape index (κ3) is 1.60. The molecule has 10 heavy (non-hydrogen) atoms. The summed E-state index contributed by atoms with van der Waals surface area (Å²) in [6.45, 7) is 4.28. The van der Waals surface area contributed by atoms with Crippen LogP contribution in [-0.4, -0.2) is 0 Å². The quantitative estimate of drug-likeness (QED) is 0.516. The van der Waals surface area contributed by atoms with Gasteiger partial charge >= 0.3 is 0 Å². The second kappa shape index (κ2) is 3.40. The van der Waals surface area contributed by atoms with E-state index in [4.69, 9.17) is 0 Å². The molecular formula is C10H14. The molecule has 0 aliphatic heterocycles. The van der Waals surface area contributed by atoms with E-state index in [0.717, 1.165) is 12.8 Å². The summed E-state index contributed by atoms with van der Waals surface area (Å²) in [5.74, 6) is 0. The van der Waals surface area contributed by atoms with Gasteiger partial charge in [-0.2, -0.15) is 0 Å². The summed E-state index contributed by atoms with van der Waals surface area (Å²) < 4.78 is 0. The number of allylic oxidation sites excluding steroid dienone is 6. The van der Waals surface area contributed by atoms with Gasteiger partial charge in [0, 0.05) is 0 Å². The zero-order valence-corrected chi connectivity index (χ0v) is 6.72. The molecule has 0 saturated heterocycles. The molecule has 0 heteroatoms. The van der Waals surface area contributed by atoms with E-state index in [1.54, 1.807) is 0 Å². The molecule has 0 spiro atoms. The first kappa shape index (κ1) is 7.33. The lowest BCUT2D eigenvalue weighted by Crippen LogP contribution is -1.85. The first-order chi connectivity index (χ1) is 4.86. The number of hydrogen-bond donors (Lipinski definition) is 0. The zero-order valence-electron chi connectivity index (χ0n) is 6.72. The standard InChI is InChI=1S/C10H14/c1-3-9-5-7-10(4-2)8-6-9/h3,5,7-8H,4,6H2,1-2H3/b9-3+. The van der Waals surface area contributed by atoms with Crippen molar-refractivity contribution >= 4 is 0 Å². The Hall–Kier alpha value is -0.780. The van der Waals surface area contributed by atoms with E-state index in [-0.39, 0.29) is 0 Å². The Bertz CT molecular complexity index is 192. The van der Waals surface area contributed by atoms with Gasteiger partial charge in [0.15, 0.2) is 0 Å². The van der Waals surface area contributed by atoms with Crippen LogP contribution in [0.25, 0.3) is 0 Å². The lowest BCUT2D eigenvalue weighted by atomic mass is 10.0. The lowest BCUT2D eigenvalue weighted by molar-refractivity contribution is 1.09. The predicted molar refractivity (Wildman–Crippen MR) is 45.9 cm³/mol. The SMILES string of the molecule is C/C=C1\C=CC(CC)=CC1. The molecule has 0 heterocycles. The van der Waals surface area contributed by atoms with E-state index in [9.17, 15) is 0 Å². The summed E-state index contributed by atoms with van der Waals surface area (Å²) in [5, 5.41) is 0. The van der Waals surface area contributed by atoms with E-state index >= 15 is 0 Å². The smallest absolute Gasteiger partial charge is 0.00949 e. The van der Waals surface area contributed by atoms with Crippen molar-refractivity contribution in [2.45, 2.75) is 26.7 Å². The highest BCUT2D eigenvalue weighted by molar-refractivity contribution is 5.34. The van der Waals surface area contributed by atoms with Crippen LogP contribution in [0, 0.1) is 0 Å². The Balaban J connectivity index is 2.63. The fourth-order valence-corrected chi connectivity index (χ4v) is 1.08. The Kier molecular flexibility index (Phi) is 2.49. The summed E-state index contributed by atoms with van der Waals surface area (Å²) in [5.41, 5.74) is 2.89. The first-order valence-corrected chi connectivity index (χ1v) is 3.89. The van der Waals surface area contributed by atoms with E-state index in [2.05, 4.69) is 38.2 Å². The Labute approximate surface area is 62.9 Å². The first-order valence-electron chi connectivity index (χ1n) is 3.89.